The number of nitrogens with zero attached hydrogens (tertiary/aromatic N) is 1. The Bertz CT molecular complexity index is 671. The minimum atomic E-state index is -0.181. The molecule has 2 aliphatic rings. The third-order valence-electron chi connectivity index (χ3n) is 4.54. The highest BCUT2D eigenvalue weighted by atomic mass is 35.5. The summed E-state index contributed by atoms with van der Waals surface area (Å²) in [5.74, 6) is 0. The van der Waals surface area contributed by atoms with Gasteiger partial charge in [0.05, 0.1) is 11.2 Å². The molecule has 20 heavy (non-hydrogen) atoms. The van der Waals surface area contributed by atoms with Gasteiger partial charge >= 0.3 is 0 Å². The third-order valence-corrected chi connectivity index (χ3v) is 6.05. The summed E-state index contributed by atoms with van der Waals surface area (Å²) in [7, 11) is 0. The molecule has 0 amide bonds. The van der Waals surface area contributed by atoms with E-state index in [-0.39, 0.29) is 5.54 Å². The number of fused-ring (bicyclic) bond motifs is 3. The maximum Gasteiger partial charge on any atom is 0.113 e. The third kappa shape index (κ3) is 1.92. The second-order valence-electron chi connectivity index (χ2n) is 5.99. The fourth-order valence-corrected chi connectivity index (χ4v) is 4.86. The van der Waals surface area contributed by atoms with E-state index in [2.05, 4.69) is 12.1 Å². The largest absolute Gasteiger partial charge is 0.319 e. The van der Waals surface area contributed by atoms with Crippen LogP contribution in [0, 0.1) is 0 Å². The lowest BCUT2D eigenvalue weighted by atomic mass is 9.83. The van der Waals surface area contributed by atoms with Crippen LogP contribution < -0.4 is 5.73 Å². The molecule has 0 atom stereocenters. The molecule has 0 unspecified atom stereocenters. The molecule has 1 saturated carbocycles. The molecule has 0 aliphatic heterocycles. The minimum absolute atomic E-state index is 0.181. The molecular weight excluding hydrogens is 288 g/mol. The van der Waals surface area contributed by atoms with Crippen LogP contribution in [0.25, 0.3) is 11.3 Å². The predicted molar refractivity (Wildman–Crippen MR) is 84.3 cm³/mol. The fraction of sp³-hybridized carbons (Fsp3) is 0.438. The Labute approximate surface area is 128 Å². The van der Waals surface area contributed by atoms with E-state index in [1.165, 1.54) is 35.3 Å². The zero-order valence-corrected chi connectivity index (χ0v) is 12.9. The predicted octanol–water partition coefficient (Wildman–Crippen LogP) is 4.49. The summed E-state index contributed by atoms with van der Waals surface area (Å²) in [4.78, 5) is 6.26. The summed E-state index contributed by atoms with van der Waals surface area (Å²) in [6.45, 7) is 0. The molecule has 0 bridgehead atoms. The van der Waals surface area contributed by atoms with E-state index < -0.39 is 0 Å². The molecule has 4 rings (SSSR count). The van der Waals surface area contributed by atoms with Gasteiger partial charge in [0.15, 0.2) is 0 Å². The standard InChI is InChI=1S/C16H17ClN2S/c17-11-4-5-12-10(8-11)9-13-14(12)19-15(20-13)16(18)6-2-1-3-7-16/h4-5,8H,1-3,6-7,9,18H2. The van der Waals surface area contributed by atoms with Crippen molar-refractivity contribution in [1.82, 2.24) is 4.98 Å². The van der Waals surface area contributed by atoms with Crippen molar-refractivity contribution >= 4 is 22.9 Å². The van der Waals surface area contributed by atoms with Gasteiger partial charge in [-0.05, 0) is 30.5 Å². The lowest BCUT2D eigenvalue weighted by Gasteiger charge is -2.31. The van der Waals surface area contributed by atoms with Crippen LogP contribution in [-0.2, 0) is 12.0 Å². The molecule has 0 spiro atoms. The first-order valence-electron chi connectivity index (χ1n) is 7.24. The van der Waals surface area contributed by atoms with E-state index in [0.717, 1.165) is 35.0 Å². The van der Waals surface area contributed by atoms with Crippen molar-refractivity contribution in [2.75, 3.05) is 0 Å². The van der Waals surface area contributed by atoms with Gasteiger partial charge in [-0.1, -0.05) is 36.9 Å². The highest BCUT2D eigenvalue weighted by Crippen LogP contribution is 2.45. The van der Waals surface area contributed by atoms with Gasteiger partial charge in [0.1, 0.15) is 5.01 Å². The van der Waals surface area contributed by atoms with Crippen molar-refractivity contribution < 1.29 is 0 Å². The Balaban J connectivity index is 1.75. The highest BCUT2D eigenvalue weighted by Gasteiger charge is 2.35. The quantitative estimate of drug-likeness (QED) is 0.719. The molecule has 2 N–H and O–H groups in total. The van der Waals surface area contributed by atoms with Crippen molar-refractivity contribution in [2.24, 2.45) is 5.73 Å². The van der Waals surface area contributed by atoms with Crippen LogP contribution in [0.1, 0.15) is 47.6 Å². The van der Waals surface area contributed by atoms with E-state index in [1.807, 2.05) is 17.4 Å². The van der Waals surface area contributed by atoms with Crippen molar-refractivity contribution in [3.8, 4) is 11.3 Å². The zero-order chi connectivity index (χ0) is 13.7. The van der Waals surface area contributed by atoms with E-state index in [1.54, 1.807) is 0 Å². The second-order valence-corrected chi connectivity index (χ2v) is 7.51. The van der Waals surface area contributed by atoms with Crippen LogP contribution in [0.2, 0.25) is 5.02 Å². The van der Waals surface area contributed by atoms with Crippen LogP contribution in [0.15, 0.2) is 18.2 Å². The summed E-state index contributed by atoms with van der Waals surface area (Å²) >= 11 is 7.88. The van der Waals surface area contributed by atoms with Crippen molar-refractivity contribution in [3.63, 3.8) is 0 Å². The molecule has 1 aromatic heterocycles. The number of halogens is 1. The molecule has 104 valence electrons. The Kier molecular flexibility index (Phi) is 2.92. The molecule has 0 radical (unpaired) electrons. The van der Waals surface area contributed by atoms with Crippen molar-refractivity contribution in [1.29, 1.82) is 0 Å². The van der Waals surface area contributed by atoms with Crippen LogP contribution >= 0.6 is 22.9 Å². The highest BCUT2D eigenvalue weighted by molar-refractivity contribution is 7.12. The maximum atomic E-state index is 6.61. The zero-order valence-electron chi connectivity index (χ0n) is 11.3. The number of benzene rings is 1. The first kappa shape index (κ1) is 12.8. The Morgan fingerprint density at radius 1 is 1.20 bits per heavy atom. The molecule has 0 saturated heterocycles. The summed E-state index contributed by atoms with van der Waals surface area (Å²) in [5, 5.41) is 1.95. The lowest BCUT2D eigenvalue weighted by Crippen LogP contribution is -2.38. The summed E-state index contributed by atoms with van der Waals surface area (Å²) in [5.41, 5.74) is 10.1. The Hall–Kier alpha value is -0.900. The maximum absolute atomic E-state index is 6.61. The smallest absolute Gasteiger partial charge is 0.113 e. The van der Waals surface area contributed by atoms with Gasteiger partial charge < -0.3 is 5.73 Å². The Morgan fingerprint density at radius 3 is 2.80 bits per heavy atom. The van der Waals surface area contributed by atoms with E-state index in [9.17, 15) is 0 Å². The Morgan fingerprint density at radius 2 is 2.00 bits per heavy atom. The van der Waals surface area contributed by atoms with Gasteiger partial charge in [0.2, 0.25) is 0 Å². The van der Waals surface area contributed by atoms with E-state index in [4.69, 9.17) is 22.3 Å². The average Bonchev–Trinajstić information content (AvgIpc) is 2.96. The van der Waals surface area contributed by atoms with Crippen LogP contribution in [0.3, 0.4) is 0 Å². The summed E-state index contributed by atoms with van der Waals surface area (Å²) in [6, 6.07) is 6.11. The van der Waals surface area contributed by atoms with Gasteiger partial charge in [0, 0.05) is 21.9 Å². The first-order valence-corrected chi connectivity index (χ1v) is 8.43. The molecule has 4 heteroatoms. The molecule has 1 heterocycles. The normalized spacial score (nSPS) is 19.7. The number of hydrogen-bond acceptors (Lipinski definition) is 3. The van der Waals surface area contributed by atoms with E-state index >= 15 is 0 Å². The molecule has 1 fully saturated rings. The van der Waals surface area contributed by atoms with Crippen molar-refractivity contribution in [2.45, 2.75) is 44.1 Å². The number of nitrogens with two attached hydrogens (primary N) is 1. The van der Waals surface area contributed by atoms with Crippen LogP contribution in [0.4, 0.5) is 0 Å². The number of thiazole rings is 1. The van der Waals surface area contributed by atoms with Gasteiger partial charge in [-0.15, -0.1) is 11.3 Å². The summed E-state index contributed by atoms with van der Waals surface area (Å²) < 4.78 is 0. The molecule has 2 aliphatic carbocycles. The van der Waals surface area contributed by atoms with Crippen LogP contribution in [-0.4, -0.2) is 4.98 Å². The fourth-order valence-electron chi connectivity index (χ4n) is 3.40. The number of rotatable bonds is 1. The molecule has 1 aromatic carbocycles. The number of aromatic nitrogens is 1. The SMILES string of the molecule is NC1(c2nc3c(s2)Cc2cc(Cl)ccc2-3)CCCCC1. The van der Waals surface area contributed by atoms with Crippen LogP contribution in [0.5, 0.6) is 0 Å². The molecule has 2 nitrogen and oxygen atoms in total. The van der Waals surface area contributed by atoms with Gasteiger partial charge in [-0.2, -0.15) is 0 Å². The van der Waals surface area contributed by atoms with E-state index in [0.29, 0.717) is 0 Å². The first-order chi connectivity index (χ1) is 9.66. The number of hydrogen-bond donors (Lipinski definition) is 1. The van der Waals surface area contributed by atoms with Gasteiger partial charge in [-0.3, -0.25) is 0 Å². The van der Waals surface area contributed by atoms with Gasteiger partial charge in [-0.25, -0.2) is 4.98 Å². The molecule has 2 aromatic rings. The van der Waals surface area contributed by atoms with Gasteiger partial charge in [0.25, 0.3) is 0 Å². The topological polar surface area (TPSA) is 38.9 Å². The summed E-state index contributed by atoms with van der Waals surface area (Å²) in [6.07, 6.45) is 6.88. The minimum Gasteiger partial charge on any atom is -0.319 e. The second kappa shape index (κ2) is 4.55. The monoisotopic (exact) mass is 304 g/mol. The molecular formula is C16H17ClN2S. The average molecular weight is 305 g/mol. The van der Waals surface area contributed by atoms with Crippen molar-refractivity contribution in [3.05, 3.63) is 38.7 Å². The lowest BCUT2D eigenvalue weighted by molar-refractivity contribution is 0.301.